The molecule has 0 spiro atoms. The molecule has 154 valence electrons. The largest absolute Gasteiger partial charge is 0.339 e. The van der Waals surface area contributed by atoms with Gasteiger partial charge in [-0.15, -0.1) is 0 Å². The number of amides is 2. The van der Waals surface area contributed by atoms with Crippen molar-refractivity contribution in [2.24, 2.45) is 0 Å². The van der Waals surface area contributed by atoms with Crippen molar-refractivity contribution in [3.63, 3.8) is 0 Å². The standard InChI is InChI=1S/C23H25N5O2/c1-3-21(29)27-13-6-7-18(12-14-27)28-20-9-5-4-8-19(20)25-23(28)26-22(30)17-11-10-16(2)24-15-17/h3-5,8-11,15,18H,1,6-7,12-14H2,2H3,(H,25,26,30)/t18-/m1/s1. The fourth-order valence-corrected chi connectivity index (χ4v) is 3.96. The van der Waals surface area contributed by atoms with Crippen molar-refractivity contribution in [2.75, 3.05) is 18.4 Å². The van der Waals surface area contributed by atoms with Gasteiger partial charge in [-0.25, -0.2) is 4.98 Å². The second-order valence-electron chi connectivity index (χ2n) is 7.55. The molecule has 1 N–H and O–H groups in total. The molecule has 3 aromatic rings. The van der Waals surface area contributed by atoms with Crippen LogP contribution in [0.5, 0.6) is 0 Å². The van der Waals surface area contributed by atoms with Gasteiger partial charge in [0.2, 0.25) is 11.9 Å². The van der Waals surface area contributed by atoms with Gasteiger partial charge in [0, 0.05) is 31.0 Å². The van der Waals surface area contributed by atoms with Crippen molar-refractivity contribution in [2.45, 2.75) is 32.2 Å². The van der Waals surface area contributed by atoms with Crippen LogP contribution in [0.2, 0.25) is 0 Å². The number of para-hydroxylation sites is 2. The highest BCUT2D eigenvalue weighted by Crippen LogP contribution is 2.31. The molecule has 3 heterocycles. The van der Waals surface area contributed by atoms with Crippen LogP contribution in [0.1, 0.15) is 41.4 Å². The van der Waals surface area contributed by atoms with Crippen molar-refractivity contribution < 1.29 is 9.59 Å². The van der Waals surface area contributed by atoms with Crippen molar-refractivity contribution in [3.05, 3.63) is 66.5 Å². The van der Waals surface area contributed by atoms with Crippen LogP contribution in [0, 0.1) is 6.92 Å². The molecule has 0 aliphatic carbocycles. The van der Waals surface area contributed by atoms with Gasteiger partial charge < -0.3 is 9.47 Å². The summed E-state index contributed by atoms with van der Waals surface area (Å²) in [5.74, 6) is 0.248. The molecule has 1 aliphatic rings. The normalized spacial score (nSPS) is 16.8. The van der Waals surface area contributed by atoms with Gasteiger partial charge >= 0.3 is 0 Å². The summed E-state index contributed by atoms with van der Waals surface area (Å²) < 4.78 is 2.11. The Morgan fingerprint density at radius 3 is 2.77 bits per heavy atom. The number of aryl methyl sites for hydroxylation is 1. The van der Waals surface area contributed by atoms with Gasteiger partial charge in [0.25, 0.3) is 5.91 Å². The summed E-state index contributed by atoms with van der Waals surface area (Å²) in [6.45, 7) is 6.84. The Morgan fingerprint density at radius 1 is 1.17 bits per heavy atom. The molecule has 0 unspecified atom stereocenters. The molecule has 1 fully saturated rings. The number of benzene rings is 1. The lowest BCUT2D eigenvalue weighted by molar-refractivity contribution is -0.125. The summed E-state index contributed by atoms with van der Waals surface area (Å²) in [5, 5.41) is 2.97. The molecule has 1 atom stereocenters. The van der Waals surface area contributed by atoms with Crippen LogP contribution in [0.25, 0.3) is 11.0 Å². The smallest absolute Gasteiger partial charge is 0.259 e. The molecule has 2 amide bonds. The fraction of sp³-hybridized carbons (Fsp3) is 0.304. The maximum atomic E-state index is 12.8. The molecule has 30 heavy (non-hydrogen) atoms. The zero-order valence-electron chi connectivity index (χ0n) is 17.0. The van der Waals surface area contributed by atoms with Gasteiger partial charge in [-0.2, -0.15) is 0 Å². The van der Waals surface area contributed by atoms with E-state index in [4.69, 9.17) is 0 Å². The number of hydrogen-bond acceptors (Lipinski definition) is 4. The van der Waals surface area contributed by atoms with E-state index in [0.29, 0.717) is 24.6 Å². The Morgan fingerprint density at radius 2 is 2.00 bits per heavy atom. The maximum Gasteiger partial charge on any atom is 0.259 e. The lowest BCUT2D eigenvalue weighted by Gasteiger charge is -2.21. The Bertz CT molecular complexity index is 1090. The minimum Gasteiger partial charge on any atom is -0.339 e. The van der Waals surface area contributed by atoms with Crippen LogP contribution in [0.4, 0.5) is 5.95 Å². The highest BCUT2D eigenvalue weighted by molar-refractivity contribution is 6.04. The molecule has 7 nitrogen and oxygen atoms in total. The van der Waals surface area contributed by atoms with Gasteiger partial charge in [-0.05, 0) is 56.5 Å². The maximum absolute atomic E-state index is 12.8. The summed E-state index contributed by atoms with van der Waals surface area (Å²) in [7, 11) is 0. The molecule has 0 saturated carbocycles. The Labute approximate surface area is 175 Å². The van der Waals surface area contributed by atoms with Crippen LogP contribution in [0.15, 0.2) is 55.3 Å². The second-order valence-corrected chi connectivity index (χ2v) is 7.55. The third-order valence-corrected chi connectivity index (χ3v) is 5.54. The average molecular weight is 403 g/mol. The topological polar surface area (TPSA) is 80.1 Å². The fourth-order valence-electron chi connectivity index (χ4n) is 3.96. The van der Waals surface area contributed by atoms with E-state index in [-0.39, 0.29) is 17.9 Å². The quantitative estimate of drug-likeness (QED) is 0.673. The van der Waals surface area contributed by atoms with E-state index in [1.165, 1.54) is 6.08 Å². The van der Waals surface area contributed by atoms with Crippen molar-refractivity contribution >= 4 is 28.8 Å². The molecule has 2 aromatic heterocycles. The third kappa shape index (κ3) is 3.96. The summed E-state index contributed by atoms with van der Waals surface area (Å²) in [6, 6.07) is 11.6. The van der Waals surface area contributed by atoms with E-state index >= 15 is 0 Å². The third-order valence-electron chi connectivity index (χ3n) is 5.54. The van der Waals surface area contributed by atoms with Crippen LogP contribution in [-0.2, 0) is 4.79 Å². The second kappa shape index (κ2) is 8.49. The number of nitrogens with zero attached hydrogens (tertiary/aromatic N) is 4. The zero-order valence-corrected chi connectivity index (χ0v) is 17.0. The highest BCUT2D eigenvalue weighted by atomic mass is 16.2. The molecule has 1 aliphatic heterocycles. The van der Waals surface area contributed by atoms with Crippen LogP contribution in [0.3, 0.4) is 0 Å². The summed E-state index contributed by atoms with van der Waals surface area (Å²) in [4.78, 5) is 35.6. The average Bonchev–Trinajstić information content (AvgIpc) is 2.94. The minimum atomic E-state index is -0.240. The summed E-state index contributed by atoms with van der Waals surface area (Å²) in [5.41, 5.74) is 3.15. The first-order chi connectivity index (χ1) is 14.6. The monoisotopic (exact) mass is 403 g/mol. The van der Waals surface area contributed by atoms with Gasteiger partial charge in [0.05, 0.1) is 16.6 Å². The number of pyridine rings is 1. The van der Waals surface area contributed by atoms with E-state index in [0.717, 1.165) is 36.0 Å². The number of carbonyl (C=O) groups is 2. The summed E-state index contributed by atoms with van der Waals surface area (Å²) in [6.07, 6.45) is 5.51. The minimum absolute atomic E-state index is 0.0356. The first-order valence-electron chi connectivity index (χ1n) is 10.2. The lowest BCUT2D eigenvalue weighted by atomic mass is 10.1. The van der Waals surface area contributed by atoms with Gasteiger partial charge in [-0.1, -0.05) is 18.7 Å². The van der Waals surface area contributed by atoms with Crippen LogP contribution < -0.4 is 5.32 Å². The number of nitrogens with one attached hydrogen (secondary N) is 1. The number of hydrogen-bond donors (Lipinski definition) is 1. The number of imidazole rings is 1. The first-order valence-corrected chi connectivity index (χ1v) is 10.2. The van der Waals surface area contributed by atoms with E-state index < -0.39 is 0 Å². The molecule has 0 bridgehead atoms. The molecular formula is C23H25N5O2. The Balaban J connectivity index is 1.65. The number of rotatable bonds is 4. The van der Waals surface area contributed by atoms with Crippen molar-refractivity contribution in [1.82, 2.24) is 19.4 Å². The lowest BCUT2D eigenvalue weighted by Crippen LogP contribution is -2.30. The molecule has 1 aromatic carbocycles. The molecular weight excluding hydrogens is 378 g/mol. The van der Waals surface area contributed by atoms with Gasteiger partial charge in [0.15, 0.2) is 0 Å². The van der Waals surface area contributed by atoms with Crippen LogP contribution >= 0.6 is 0 Å². The van der Waals surface area contributed by atoms with E-state index in [1.54, 1.807) is 12.3 Å². The SMILES string of the molecule is C=CC(=O)N1CCC[C@@H](n2c(NC(=O)c3ccc(C)nc3)nc3ccccc32)CC1. The van der Waals surface area contributed by atoms with Crippen molar-refractivity contribution in [1.29, 1.82) is 0 Å². The summed E-state index contributed by atoms with van der Waals surface area (Å²) >= 11 is 0. The Hall–Kier alpha value is -3.48. The predicted octanol–water partition coefficient (Wildman–Crippen LogP) is 3.73. The Kier molecular flexibility index (Phi) is 5.61. The number of likely N-dealkylation sites (tertiary alicyclic amines) is 1. The van der Waals surface area contributed by atoms with E-state index in [2.05, 4.69) is 26.4 Å². The first kappa shape index (κ1) is 19.8. The zero-order chi connectivity index (χ0) is 21.1. The molecule has 4 rings (SSSR count). The molecule has 7 heteroatoms. The number of carbonyl (C=O) groups excluding carboxylic acids is 2. The van der Waals surface area contributed by atoms with Crippen LogP contribution in [-0.4, -0.2) is 44.3 Å². The highest BCUT2D eigenvalue weighted by Gasteiger charge is 2.25. The predicted molar refractivity (Wildman–Crippen MR) is 116 cm³/mol. The number of anilines is 1. The van der Waals surface area contributed by atoms with Crippen molar-refractivity contribution in [3.8, 4) is 0 Å². The van der Waals surface area contributed by atoms with Gasteiger partial charge in [0.1, 0.15) is 0 Å². The molecule has 1 saturated heterocycles. The molecule has 0 radical (unpaired) electrons. The van der Waals surface area contributed by atoms with E-state index in [1.807, 2.05) is 42.2 Å². The number of aromatic nitrogens is 3. The number of fused-ring (bicyclic) bond motifs is 1. The van der Waals surface area contributed by atoms with Gasteiger partial charge in [-0.3, -0.25) is 19.9 Å². The van der Waals surface area contributed by atoms with E-state index in [9.17, 15) is 9.59 Å².